The molecule has 0 amide bonds. The van der Waals surface area contributed by atoms with Crippen LogP contribution in [-0.2, 0) is 0 Å². The third-order valence-corrected chi connectivity index (χ3v) is 5.91. The van der Waals surface area contributed by atoms with Gasteiger partial charge in [-0.05, 0) is 39.7 Å². The summed E-state index contributed by atoms with van der Waals surface area (Å²) in [6.07, 6.45) is 6.73. The van der Waals surface area contributed by atoms with Gasteiger partial charge < -0.3 is 5.73 Å². The van der Waals surface area contributed by atoms with Crippen molar-refractivity contribution in [3.8, 4) is 0 Å². The third kappa shape index (κ3) is 2.98. The smallest absolute Gasteiger partial charge is 0.0335 e. The van der Waals surface area contributed by atoms with Gasteiger partial charge in [0.25, 0.3) is 0 Å². The van der Waals surface area contributed by atoms with Gasteiger partial charge in [-0.1, -0.05) is 26.2 Å². The lowest BCUT2D eigenvalue weighted by Gasteiger charge is -2.54. The van der Waals surface area contributed by atoms with Crippen molar-refractivity contribution >= 4 is 0 Å². The summed E-state index contributed by atoms with van der Waals surface area (Å²) in [5, 5.41) is 0. The molecule has 2 fully saturated rings. The van der Waals surface area contributed by atoms with Gasteiger partial charge in [0.2, 0.25) is 0 Å². The Morgan fingerprint density at radius 2 is 1.84 bits per heavy atom. The van der Waals surface area contributed by atoms with Crippen molar-refractivity contribution in [2.75, 3.05) is 26.7 Å². The highest BCUT2D eigenvalue weighted by Gasteiger charge is 2.43. The summed E-state index contributed by atoms with van der Waals surface area (Å²) in [7, 11) is 2.26. The number of rotatable bonds is 3. The van der Waals surface area contributed by atoms with E-state index in [-0.39, 0.29) is 0 Å². The van der Waals surface area contributed by atoms with E-state index in [4.69, 9.17) is 5.73 Å². The average molecular weight is 267 g/mol. The van der Waals surface area contributed by atoms with Crippen LogP contribution in [0.15, 0.2) is 0 Å². The number of hydrogen-bond donors (Lipinski definition) is 1. The molecular formula is C16H33N3. The predicted octanol–water partition coefficient (Wildman–Crippen LogP) is 2.31. The summed E-state index contributed by atoms with van der Waals surface area (Å²) in [6.45, 7) is 10.3. The molecule has 0 aromatic rings. The molecule has 0 aromatic heterocycles. The molecule has 1 saturated carbocycles. The van der Waals surface area contributed by atoms with Crippen LogP contribution in [0.3, 0.4) is 0 Å². The Morgan fingerprint density at radius 3 is 2.37 bits per heavy atom. The predicted molar refractivity (Wildman–Crippen MR) is 82.3 cm³/mol. The van der Waals surface area contributed by atoms with Gasteiger partial charge in [-0.3, -0.25) is 9.80 Å². The fourth-order valence-electron chi connectivity index (χ4n) is 4.20. The molecule has 2 aliphatic rings. The Kier molecular flexibility index (Phi) is 4.91. The molecule has 1 aliphatic carbocycles. The summed E-state index contributed by atoms with van der Waals surface area (Å²) in [6, 6.07) is 1.29. The molecular weight excluding hydrogens is 234 g/mol. The van der Waals surface area contributed by atoms with E-state index in [2.05, 4.69) is 37.6 Å². The molecule has 1 heterocycles. The topological polar surface area (TPSA) is 32.5 Å². The van der Waals surface area contributed by atoms with Crippen molar-refractivity contribution < 1.29 is 0 Å². The molecule has 0 aromatic carbocycles. The van der Waals surface area contributed by atoms with E-state index in [9.17, 15) is 0 Å². The maximum atomic E-state index is 6.26. The molecule has 1 saturated heterocycles. The zero-order valence-electron chi connectivity index (χ0n) is 13.4. The highest BCUT2D eigenvalue weighted by atomic mass is 15.3. The Hall–Kier alpha value is -0.120. The first-order chi connectivity index (χ1) is 9.02. The van der Waals surface area contributed by atoms with Crippen molar-refractivity contribution in [3.05, 3.63) is 0 Å². The van der Waals surface area contributed by atoms with Gasteiger partial charge in [-0.2, -0.15) is 0 Å². The Balaban J connectivity index is 2.12. The Labute approximate surface area is 119 Å². The molecule has 112 valence electrons. The van der Waals surface area contributed by atoms with Crippen LogP contribution < -0.4 is 5.73 Å². The highest BCUT2D eigenvalue weighted by molar-refractivity contribution is 5.00. The minimum absolute atomic E-state index is 0.294. The van der Waals surface area contributed by atoms with Gasteiger partial charge in [0.15, 0.2) is 0 Å². The zero-order valence-corrected chi connectivity index (χ0v) is 13.4. The van der Waals surface area contributed by atoms with Gasteiger partial charge in [0.1, 0.15) is 0 Å². The van der Waals surface area contributed by atoms with E-state index in [1.807, 2.05) is 0 Å². The first kappa shape index (κ1) is 15.3. The fraction of sp³-hybridized carbons (Fsp3) is 1.00. The van der Waals surface area contributed by atoms with Crippen molar-refractivity contribution in [1.82, 2.24) is 9.80 Å². The summed E-state index contributed by atoms with van der Waals surface area (Å²) < 4.78 is 0. The van der Waals surface area contributed by atoms with Crippen molar-refractivity contribution in [1.29, 1.82) is 0 Å². The molecule has 0 radical (unpaired) electrons. The number of likely N-dealkylation sites (N-methyl/N-ethyl adjacent to an activating group) is 1. The molecule has 3 heteroatoms. The maximum Gasteiger partial charge on any atom is 0.0335 e. The summed E-state index contributed by atoms with van der Waals surface area (Å²) in [4.78, 5) is 5.25. The summed E-state index contributed by atoms with van der Waals surface area (Å²) in [5.74, 6) is 0.891. The average Bonchev–Trinajstić information content (AvgIpc) is 2.44. The summed E-state index contributed by atoms with van der Waals surface area (Å²) >= 11 is 0. The SMILES string of the molecule is CCC1CCCC(CN)(N2CC(C)N(C)C(C)C2)C1. The summed E-state index contributed by atoms with van der Waals surface area (Å²) in [5.41, 5.74) is 6.55. The van der Waals surface area contributed by atoms with Crippen LogP contribution in [-0.4, -0.2) is 54.1 Å². The highest BCUT2D eigenvalue weighted by Crippen LogP contribution is 2.39. The second-order valence-corrected chi connectivity index (χ2v) is 7.07. The lowest BCUT2D eigenvalue weighted by molar-refractivity contribution is -0.0360. The second-order valence-electron chi connectivity index (χ2n) is 7.07. The van der Waals surface area contributed by atoms with Crippen LogP contribution in [0.2, 0.25) is 0 Å². The molecule has 4 unspecified atom stereocenters. The molecule has 0 bridgehead atoms. The van der Waals surface area contributed by atoms with Crippen LogP contribution >= 0.6 is 0 Å². The van der Waals surface area contributed by atoms with E-state index in [1.165, 1.54) is 45.2 Å². The van der Waals surface area contributed by atoms with Gasteiger partial charge >= 0.3 is 0 Å². The van der Waals surface area contributed by atoms with Crippen LogP contribution in [0.5, 0.6) is 0 Å². The first-order valence-corrected chi connectivity index (χ1v) is 8.19. The zero-order chi connectivity index (χ0) is 14.0. The van der Waals surface area contributed by atoms with E-state index < -0.39 is 0 Å². The monoisotopic (exact) mass is 267 g/mol. The lowest BCUT2D eigenvalue weighted by atomic mass is 9.73. The first-order valence-electron chi connectivity index (χ1n) is 8.19. The number of hydrogen-bond acceptors (Lipinski definition) is 3. The molecule has 4 atom stereocenters. The van der Waals surface area contributed by atoms with Gasteiger partial charge in [-0.25, -0.2) is 0 Å². The normalized spacial score (nSPS) is 42.5. The number of nitrogens with zero attached hydrogens (tertiary/aromatic N) is 2. The van der Waals surface area contributed by atoms with Crippen molar-refractivity contribution in [2.45, 2.75) is 70.5 Å². The van der Waals surface area contributed by atoms with E-state index in [0.717, 1.165) is 12.5 Å². The molecule has 2 rings (SSSR count). The number of nitrogens with two attached hydrogens (primary N) is 1. The quantitative estimate of drug-likeness (QED) is 0.852. The minimum atomic E-state index is 0.294. The number of piperazine rings is 1. The standard InChI is InChI=1S/C16H33N3/c1-5-15-7-6-8-16(9-15,12-17)19-10-13(2)18(4)14(3)11-19/h13-15H,5-12,17H2,1-4H3. The van der Waals surface area contributed by atoms with Crippen LogP contribution in [0.4, 0.5) is 0 Å². The van der Waals surface area contributed by atoms with Crippen LogP contribution in [0, 0.1) is 5.92 Å². The minimum Gasteiger partial charge on any atom is -0.329 e. The fourth-order valence-corrected chi connectivity index (χ4v) is 4.20. The lowest BCUT2D eigenvalue weighted by Crippen LogP contribution is -2.65. The molecule has 19 heavy (non-hydrogen) atoms. The second kappa shape index (κ2) is 6.11. The molecule has 0 spiro atoms. The van der Waals surface area contributed by atoms with Crippen LogP contribution in [0.1, 0.15) is 52.9 Å². The molecule has 1 aliphatic heterocycles. The molecule has 3 nitrogen and oxygen atoms in total. The van der Waals surface area contributed by atoms with E-state index in [1.54, 1.807) is 0 Å². The van der Waals surface area contributed by atoms with Gasteiger partial charge in [0.05, 0.1) is 0 Å². The largest absolute Gasteiger partial charge is 0.329 e. The third-order valence-electron chi connectivity index (χ3n) is 5.91. The van der Waals surface area contributed by atoms with Crippen molar-refractivity contribution in [2.24, 2.45) is 11.7 Å². The molecule has 2 N–H and O–H groups in total. The van der Waals surface area contributed by atoms with Gasteiger partial charge in [0, 0.05) is 37.3 Å². The van der Waals surface area contributed by atoms with E-state index >= 15 is 0 Å². The van der Waals surface area contributed by atoms with E-state index in [0.29, 0.717) is 17.6 Å². The Morgan fingerprint density at radius 1 is 1.21 bits per heavy atom. The van der Waals surface area contributed by atoms with Crippen LogP contribution in [0.25, 0.3) is 0 Å². The maximum absolute atomic E-state index is 6.26. The van der Waals surface area contributed by atoms with Crippen molar-refractivity contribution in [3.63, 3.8) is 0 Å². The Bertz CT molecular complexity index is 282. The van der Waals surface area contributed by atoms with Gasteiger partial charge in [-0.15, -0.1) is 0 Å².